The fraction of sp³-hybridized carbons (Fsp3) is 0.833. The van der Waals surface area contributed by atoms with Crippen LogP contribution in [-0.2, 0) is 4.79 Å². The van der Waals surface area contributed by atoms with Crippen LogP contribution in [0.15, 0.2) is 5.18 Å². The molecule has 0 radical (unpaired) electrons. The van der Waals surface area contributed by atoms with Gasteiger partial charge in [0.25, 0.3) is 5.91 Å². The molecular formula is C6H12N2O2. The maximum absolute atomic E-state index is 10.4. The third-order valence-electron chi connectivity index (χ3n) is 1.42. The van der Waals surface area contributed by atoms with Gasteiger partial charge in [-0.1, -0.05) is 6.92 Å². The second-order valence-electron chi connectivity index (χ2n) is 2.08. The Morgan fingerprint density at radius 2 is 2.30 bits per heavy atom. The number of carbonyl (C=O) groups is 1. The van der Waals surface area contributed by atoms with Gasteiger partial charge in [0.2, 0.25) is 0 Å². The largest absolute Gasteiger partial charge is 0.316 e. The van der Waals surface area contributed by atoms with Crippen LogP contribution in [0.1, 0.15) is 19.8 Å². The summed E-state index contributed by atoms with van der Waals surface area (Å²) in [6.45, 7) is 1.94. The molecule has 0 aromatic rings. The van der Waals surface area contributed by atoms with Crippen molar-refractivity contribution in [1.29, 1.82) is 0 Å². The van der Waals surface area contributed by atoms with E-state index in [0.29, 0.717) is 0 Å². The number of rotatable bonds is 4. The summed E-state index contributed by atoms with van der Waals surface area (Å²) in [6.07, 6.45) is 1.04. The molecule has 0 heterocycles. The lowest BCUT2D eigenvalue weighted by atomic mass is 10.1. The van der Waals surface area contributed by atoms with Crippen molar-refractivity contribution in [2.45, 2.75) is 25.8 Å². The van der Waals surface area contributed by atoms with Gasteiger partial charge in [-0.2, -0.15) is 0 Å². The Balaban J connectivity index is 3.62. The van der Waals surface area contributed by atoms with E-state index in [2.05, 4.69) is 10.5 Å². The summed E-state index contributed by atoms with van der Waals surface area (Å²) in [7, 11) is 1.76. The molecule has 10 heavy (non-hydrogen) atoms. The number of nitrogens with one attached hydrogen (secondary N) is 1. The molecular weight excluding hydrogens is 132 g/mol. The van der Waals surface area contributed by atoms with Crippen molar-refractivity contribution < 1.29 is 4.79 Å². The van der Waals surface area contributed by atoms with Crippen LogP contribution in [-0.4, -0.2) is 19.0 Å². The molecule has 1 N–H and O–H groups in total. The highest BCUT2D eigenvalue weighted by molar-refractivity contribution is 5.77. The molecule has 1 amide bonds. The monoisotopic (exact) mass is 144 g/mol. The average molecular weight is 144 g/mol. The predicted octanol–water partition coefficient (Wildman–Crippen LogP) is 0.667. The zero-order valence-corrected chi connectivity index (χ0v) is 6.26. The first-order valence-corrected chi connectivity index (χ1v) is 3.28. The zero-order chi connectivity index (χ0) is 7.98. The Kier molecular flexibility index (Phi) is 4.66. The number of nitrogens with zero attached hydrogens (tertiary/aromatic N) is 1. The summed E-state index contributed by atoms with van der Waals surface area (Å²) in [5, 5.41) is 5.19. The van der Waals surface area contributed by atoms with Gasteiger partial charge in [0, 0.05) is 17.6 Å². The smallest absolute Gasteiger partial charge is 0.287 e. The molecule has 0 aliphatic heterocycles. The highest BCUT2D eigenvalue weighted by Crippen LogP contribution is 1.97. The lowest BCUT2D eigenvalue weighted by molar-refractivity contribution is -0.118. The fourth-order valence-electron chi connectivity index (χ4n) is 0.699. The third-order valence-corrected chi connectivity index (χ3v) is 1.42. The fourth-order valence-corrected chi connectivity index (χ4v) is 0.699. The molecule has 1 unspecified atom stereocenters. The zero-order valence-electron chi connectivity index (χ0n) is 6.26. The van der Waals surface area contributed by atoms with Crippen LogP contribution in [0.5, 0.6) is 0 Å². The summed E-state index contributed by atoms with van der Waals surface area (Å²) < 4.78 is 0. The van der Waals surface area contributed by atoms with E-state index in [1.807, 2.05) is 6.92 Å². The average Bonchev–Trinajstić information content (AvgIpc) is 1.99. The summed E-state index contributed by atoms with van der Waals surface area (Å²) in [5.41, 5.74) is 0. The van der Waals surface area contributed by atoms with E-state index in [1.165, 1.54) is 0 Å². The minimum absolute atomic E-state index is 0.0881. The van der Waals surface area contributed by atoms with Gasteiger partial charge in [-0.3, -0.25) is 4.79 Å². The lowest BCUT2D eigenvalue weighted by Gasteiger charge is -2.08. The van der Waals surface area contributed by atoms with E-state index in [0.717, 1.165) is 6.42 Å². The number of carbonyl (C=O) groups excluding carboxylic acids is 1. The number of hydrogen-bond donors (Lipinski definition) is 1. The van der Waals surface area contributed by atoms with Crippen molar-refractivity contribution in [3.05, 3.63) is 4.91 Å². The van der Waals surface area contributed by atoms with E-state index < -0.39 is 5.91 Å². The number of amides is 1. The van der Waals surface area contributed by atoms with Crippen LogP contribution in [0.4, 0.5) is 0 Å². The maximum Gasteiger partial charge on any atom is 0.287 e. The van der Waals surface area contributed by atoms with Gasteiger partial charge in [0.1, 0.15) is 0 Å². The highest BCUT2D eigenvalue weighted by Gasteiger charge is 2.08. The molecule has 0 saturated heterocycles. The van der Waals surface area contributed by atoms with Gasteiger partial charge >= 0.3 is 0 Å². The maximum atomic E-state index is 10.4. The SMILES string of the molecule is CCC(CC(=O)N=O)NC. The molecule has 0 saturated carbocycles. The minimum atomic E-state index is -0.582. The number of hydrogen-bond acceptors (Lipinski definition) is 3. The highest BCUT2D eigenvalue weighted by atomic mass is 16.3. The first-order valence-electron chi connectivity index (χ1n) is 3.28. The minimum Gasteiger partial charge on any atom is -0.316 e. The van der Waals surface area contributed by atoms with Crippen LogP contribution in [0.3, 0.4) is 0 Å². The summed E-state index contributed by atoms with van der Waals surface area (Å²) >= 11 is 0. The molecule has 4 nitrogen and oxygen atoms in total. The predicted molar refractivity (Wildman–Crippen MR) is 38.6 cm³/mol. The van der Waals surface area contributed by atoms with Crippen molar-refractivity contribution >= 4 is 5.91 Å². The Hall–Kier alpha value is -0.770. The van der Waals surface area contributed by atoms with Crippen molar-refractivity contribution in [3.63, 3.8) is 0 Å². The van der Waals surface area contributed by atoms with Gasteiger partial charge in [-0.15, -0.1) is 4.91 Å². The number of nitroso groups, excluding NO2 is 1. The molecule has 0 bridgehead atoms. The Morgan fingerprint density at radius 3 is 2.60 bits per heavy atom. The van der Waals surface area contributed by atoms with Gasteiger partial charge in [0.15, 0.2) is 0 Å². The van der Waals surface area contributed by atoms with Crippen LogP contribution >= 0.6 is 0 Å². The third kappa shape index (κ3) is 3.29. The normalized spacial score (nSPS) is 12.6. The van der Waals surface area contributed by atoms with E-state index in [-0.39, 0.29) is 12.5 Å². The van der Waals surface area contributed by atoms with E-state index in [4.69, 9.17) is 0 Å². The molecule has 0 aromatic carbocycles. The van der Waals surface area contributed by atoms with Crippen molar-refractivity contribution in [2.75, 3.05) is 7.05 Å². The Labute approximate surface area is 60.0 Å². The molecule has 0 aliphatic carbocycles. The van der Waals surface area contributed by atoms with Crippen LogP contribution < -0.4 is 5.32 Å². The van der Waals surface area contributed by atoms with Crippen LogP contribution in [0, 0.1) is 4.91 Å². The molecule has 0 aromatic heterocycles. The second-order valence-corrected chi connectivity index (χ2v) is 2.08. The van der Waals surface area contributed by atoms with Gasteiger partial charge < -0.3 is 5.32 Å². The molecule has 0 spiro atoms. The van der Waals surface area contributed by atoms with Gasteiger partial charge in [-0.25, -0.2) is 0 Å². The van der Waals surface area contributed by atoms with Crippen molar-refractivity contribution in [2.24, 2.45) is 5.18 Å². The van der Waals surface area contributed by atoms with E-state index >= 15 is 0 Å². The molecule has 0 fully saturated rings. The lowest BCUT2D eigenvalue weighted by Crippen LogP contribution is -2.26. The Bertz CT molecular complexity index is 121. The summed E-state index contributed by atoms with van der Waals surface area (Å²) in [5.74, 6) is -0.582. The topological polar surface area (TPSA) is 58.5 Å². The van der Waals surface area contributed by atoms with Crippen LogP contribution in [0.2, 0.25) is 0 Å². The van der Waals surface area contributed by atoms with Gasteiger partial charge in [-0.05, 0) is 13.5 Å². The Morgan fingerprint density at radius 1 is 1.70 bits per heavy atom. The standard InChI is InChI=1S/C6H12N2O2/c1-3-5(7-2)4-6(9)8-10/h5,7H,3-4H2,1-2H3. The molecule has 0 rings (SSSR count). The van der Waals surface area contributed by atoms with Crippen LogP contribution in [0.25, 0.3) is 0 Å². The van der Waals surface area contributed by atoms with E-state index in [9.17, 15) is 9.70 Å². The molecule has 58 valence electrons. The molecule has 1 atom stereocenters. The molecule has 4 heteroatoms. The van der Waals surface area contributed by atoms with Crippen molar-refractivity contribution in [3.8, 4) is 0 Å². The van der Waals surface area contributed by atoms with Crippen molar-refractivity contribution in [1.82, 2.24) is 5.32 Å². The summed E-state index contributed by atoms with van der Waals surface area (Å²) in [6, 6.07) is 0.0881. The first-order chi connectivity index (χ1) is 4.74. The van der Waals surface area contributed by atoms with Gasteiger partial charge in [0.05, 0.1) is 0 Å². The van der Waals surface area contributed by atoms with E-state index in [1.54, 1.807) is 7.05 Å². The molecule has 0 aliphatic rings. The first kappa shape index (κ1) is 9.23. The second kappa shape index (κ2) is 5.05. The quantitative estimate of drug-likeness (QED) is 0.590. The summed E-state index contributed by atoms with van der Waals surface area (Å²) in [4.78, 5) is 20.1.